The Balaban J connectivity index is 1.34. The summed E-state index contributed by atoms with van der Waals surface area (Å²) in [6.07, 6.45) is -2.76. The number of imidazole rings is 1. The van der Waals surface area contributed by atoms with Gasteiger partial charge in [-0.2, -0.15) is 0 Å². The van der Waals surface area contributed by atoms with E-state index >= 15 is 0 Å². The number of aliphatic hydroxyl groups excluding tert-OH is 3. The van der Waals surface area contributed by atoms with Crippen LogP contribution < -0.4 is 5.32 Å². The van der Waals surface area contributed by atoms with Crippen molar-refractivity contribution >= 4 is 66.2 Å². The van der Waals surface area contributed by atoms with Gasteiger partial charge in [0, 0.05) is 11.8 Å². The van der Waals surface area contributed by atoms with E-state index in [1.807, 2.05) is 25.1 Å². The molecule has 0 saturated carbocycles. The Kier molecular flexibility index (Phi) is 6.53. The third-order valence-corrected chi connectivity index (χ3v) is 8.09. The van der Waals surface area contributed by atoms with Gasteiger partial charge in [0.25, 0.3) is 0 Å². The SMILES string of the molecule is CC(CSc1nc2ccccc2s1)Nc1nc(Br)nc2c1ncn2[C@@H]1O[C@H](CO)C(O)C1O. The first-order valence-electron chi connectivity index (χ1n) is 10.2. The van der Waals surface area contributed by atoms with E-state index in [-0.39, 0.29) is 6.04 Å². The summed E-state index contributed by atoms with van der Waals surface area (Å²) in [6, 6.07) is 8.12. The van der Waals surface area contributed by atoms with E-state index in [4.69, 9.17) is 4.74 Å². The predicted molar refractivity (Wildman–Crippen MR) is 129 cm³/mol. The van der Waals surface area contributed by atoms with Crippen LogP contribution in [-0.2, 0) is 4.74 Å². The number of hydrogen-bond acceptors (Lipinski definition) is 11. The number of thioether (sulfide) groups is 1. The molecular weight excluding hydrogens is 532 g/mol. The Labute approximate surface area is 205 Å². The normalized spacial score (nSPS) is 24.0. The van der Waals surface area contributed by atoms with E-state index in [0.29, 0.717) is 21.7 Å². The number of aliphatic hydroxyl groups is 3. The standard InChI is InChI=1S/C20H21BrN6O4S2/c1-9(7-32-20-24-10-4-2-3-5-12(10)33-20)23-16-13-17(26-19(21)25-16)27(8-22-13)18-15(30)14(29)11(6-28)31-18/h2-5,8-9,11,14-15,18,28-30H,6-7H2,1H3,(H,23,25,26)/t9?,11-,14?,15?,18-/m1/s1. The largest absolute Gasteiger partial charge is 0.394 e. The van der Waals surface area contributed by atoms with Gasteiger partial charge in [-0.3, -0.25) is 4.57 Å². The minimum Gasteiger partial charge on any atom is -0.394 e. The molecular formula is C20H21BrN6O4S2. The van der Waals surface area contributed by atoms with Gasteiger partial charge in [0.2, 0.25) is 4.73 Å². The van der Waals surface area contributed by atoms with Crippen molar-refractivity contribution in [3.8, 4) is 0 Å². The zero-order valence-electron chi connectivity index (χ0n) is 17.4. The molecule has 4 aromatic rings. The van der Waals surface area contributed by atoms with Crippen LogP contribution in [-0.4, -0.2) is 76.5 Å². The minimum absolute atomic E-state index is 0.0473. The highest BCUT2D eigenvalue weighted by Gasteiger charge is 2.44. The van der Waals surface area contributed by atoms with Crippen molar-refractivity contribution in [3.63, 3.8) is 0 Å². The summed E-state index contributed by atoms with van der Waals surface area (Å²) in [6.45, 7) is 1.64. The molecule has 33 heavy (non-hydrogen) atoms. The molecule has 1 aliphatic heterocycles. The predicted octanol–water partition coefficient (Wildman–Crippen LogP) is 2.40. The Morgan fingerprint density at radius 3 is 2.82 bits per heavy atom. The van der Waals surface area contributed by atoms with Crippen molar-refractivity contribution in [3.05, 3.63) is 35.3 Å². The van der Waals surface area contributed by atoms with E-state index < -0.39 is 31.1 Å². The van der Waals surface area contributed by atoms with Crippen LogP contribution in [0.15, 0.2) is 39.7 Å². The fourth-order valence-electron chi connectivity index (χ4n) is 3.67. The van der Waals surface area contributed by atoms with E-state index in [1.165, 1.54) is 10.9 Å². The van der Waals surface area contributed by atoms with Crippen LogP contribution in [0.2, 0.25) is 0 Å². The summed E-state index contributed by atoms with van der Waals surface area (Å²) >= 11 is 6.68. The maximum Gasteiger partial charge on any atom is 0.200 e. The summed E-state index contributed by atoms with van der Waals surface area (Å²) in [5.74, 6) is 1.30. The lowest BCUT2D eigenvalue weighted by Crippen LogP contribution is -2.33. The summed E-state index contributed by atoms with van der Waals surface area (Å²) in [5.41, 5.74) is 1.94. The first kappa shape index (κ1) is 22.9. The number of rotatable bonds is 7. The Morgan fingerprint density at radius 1 is 1.24 bits per heavy atom. The molecule has 3 aromatic heterocycles. The number of anilines is 1. The quantitative estimate of drug-likeness (QED) is 0.199. The number of nitrogens with one attached hydrogen (secondary N) is 1. The molecule has 0 bridgehead atoms. The van der Waals surface area contributed by atoms with E-state index in [9.17, 15) is 15.3 Å². The average Bonchev–Trinajstić information content (AvgIpc) is 3.48. The summed E-state index contributed by atoms with van der Waals surface area (Å²) in [4.78, 5) is 17.9. The lowest BCUT2D eigenvalue weighted by Gasteiger charge is -2.17. The molecule has 5 rings (SSSR count). The highest BCUT2D eigenvalue weighted by molar-refractivity contribution is 9.10. The molecule has 5 atom stereocenters. The number of fused-ring (bicyclic) bond motifs is 2. The molecule has 1 saturated heterocycles. The van der Waals surface area contributed by atoms with Gasteiger partial charge >= 0.3 is 0 Å². The van der Waals surface area contributed by atoms with Gasteiger partial charge in [0.05, 0.1) is 23.2 Å². The van der Waals surface area contributed by atoms with Crippen molar-refractivity contribution < 1.29 is 20.1 Å². The summed E-state index contributed by atoms with van der Waals surface area (Å²) < 4.78 is 9.68. The van der Waals surface area contributed by atoms with Crippen LogP contribution in [0.5, 0.6) is 0 Å². The van der Waals surface area contributed by atoms with Gasteiger partial charge in [-0.15, -0.1) is 11.3 Å². The number of para-hydroxylation sites is 1. The highest BCUT2D eigenvalue weighted by Crippen LogP contribution is 2.33. The number of ether oxygens (including phenoxy) is 1. The molecule has 0 spiro atoms. The number of aromatic nitrogens is 5. The number of nitrogens with zero attached hydrogens (tertiary/aromatic N) is 5. The third kappa shape index (κ3) is 4.46. The van der Waals surface area contributed by atoms with Gasteiger partial charge in [-0.25, -0.2) is 19.9 Å². The highest BCUT2D eigenvalue weighted by atomic mass is 79.9. The Morgan fingerprint density at radius 2 is 2.06 bits per heavy atom. The number of benzene rings is 1. The number of halogens is 1. The van der Waals surface area contributed by atoms with Crippen LogP contribution in [0.25, 0.3) is 21.4 Å². The monoisotopic (exact) mass is 552 g/mol. The molecule has 1 aliphatic rings. The van der Waals surface area contributed by atoms with Crippen LogP contribution >= 0.6 is 39.0 Å². The van der Waals surface area contributed by atoms with Crippen molar-refractivity contribution in [2.75, 3.05) is 17.7 Å². The van der Waals surface area contributed by atoms with Crippen LogP contribution in [0.1, 0.15) is 13.2 Å². The maximum atomic E-state index is 10.4. The van der Waals surface area contributed by atoms with Gasteiger partial charge in [-0.05, 0) is 35.0 Å². The second-order valence-corrected chi connectivity index (χ2v) is 10.7. The average molecular weight is 553 g/mol. The van der Waals surface area contributed by atoms with Crippen molar-refractivity contribution in [2.45, 2.75) is 41.8 Å². The zero-order valence-corrected chi connectivity index (χ0v) is 20.6. The molecule has 1 fully saturated rings. The second-order valence-electron chi connectivity index (χ2n) is 7.70. The van der Waals surface area contributed by atoms with Crippen molar-refractivity contribution in [1.29, 1.82) is 0 Å². The lowest BCUT2D eigenvalue weighted by atomic mass is 10.1. The van der Waals surface area contributed by atoms with Crippen LogP contribution in [0.4, 0.5) is 5.82 Å². The second kappa shape index (κ2) is 9.41. The first-order valence-corrected chi connectivity index (χ1v) is 12.8. The van der Waals surface area contributed by atoms with E-state index in [2.05, 4.69) is 47.2 Å². The molecule has 0 aliphatic carbocycles. The molecule has 10 nitrogen and oxygen atoms in total. The van der Waals surface area contributed by atoms with Gasteiger partial charge in [0.1, 0.15) is 18.3 Å². The molecule has 1 aromatic carbocycles. The lowest BCUT2D eigenvalue weighted by molar-refractivity contribution is -0.0511. The van der Waals surface area contributed by atoms with Crippen molar-refractivity contribution in [2.24, 2.45) is 0 Å². The van der Waals surface area contributed by atoms with Crippen LogP contribution in [0, 0.1) is 0 Å². The van der Waals surface area contributed by atoms with E-state index in [0.717, 1.165) is 20.3 Å². The molecule has 3 unspecified atom stereocenters. The fraction of sp³-hybridized carbons (Fsp3) is 0.400. The number of hydrogen-bond donors (Lipinski definition) is 4. The third-order valence-electron chi connectivity index (χ3n) is 5.30. The molecule has 0 radical (unpaired) electrons. The minimum atomic E-state index is -1.23. The van der Waals surface area contributed by atoms with Gasteiger partial charge in [0.15, 0.2) is 27.5 Å². The topological polar surface area (TPSA) is 138 Å². The first-order chi connectivity index (χ1) is 15.9. The Hall–Kier alpha value is -1.87. The van der Waals surface area contributed by atoms with E-state index in [1.54, 1.807) is 23.1 Å². The molecule has 4 N–H and O–H groups in total. The molecule has 174 valence electrons. The molecule has 0 amide bonds. The summed E-state index contributed by atoms with van der Waals surface area (Å²) in [7, 11) is 0. The summed E-state index contributed by atoms with van der Waals surface area (Å²) in [5, 5.41) is 33.2. The molecule has 4 heterocycles. The smallest absolute Gasteiger partial charge is 0.200 e. The van der Waals surface area contributed by atoms with Crippen molar-refractivity contribution in [1.82, 2.24) is 24.5 Å². The van der Waals surface area contributed by atoms with Gasteiger partial charge < -0.3 is 25.4 Å². The number of thiazole rings is 1. The van der Waals surface area contributed by atoms with Gasteiger partial charge in [-0.1, -0.05) is 23.9 Å². The van der Waals surface area contributed by atoms with Crippen LogP contribution in [0.3, 0.4) is 0 Å². The Bertz CT molecular complexity index is 1250. The zero-order chi connectivity index (χ0) is 23.1. The maximum absolute atomic E-state index is 10.4. The fourth-order valence-corrected chi connectivity index (χ4v) is 6.06. The molecule has 13 heteroatoms.